The zero-order valence-electron chi connectivity index (χ0n) is 18.8. The van der Waals surface area contributed by atoms with Gasteiger partial charge in [0, 0.05) is 23.2 Å². The van der Waals surface area contributed by atoms with Crippen molar-refractivity contribution >= 4 is 28.7 Å². The number of amides is 1. The third-order valence-corrected chi connectivity index (χ3v) is 6.74. The quantitative estimate of drug-likeness (QED) is 0.421. The Bertz CT molecular complexity index is 1340. The van der Waals surface area contributed by atoms with Crippen molar-refractivity contribution in [3.63, 3.8) is 0 Å². The molecule has 3 heterocycles. The van der Waals surface area contributed by atoms with Gasteiger partial charge in [-0.3, -0.25) is 4.79 Å². The second-order valence-corrected chi connectivity index (χ2v) is 8.95. The fraction of sp³-hybridized carbons (Fsp3) is 0.280. The van der Waals surface area contributed by atoms with Crippen LogP contribution in [0.15, 0.2) is 53.6 Å². The van der Waals surface area contributed by atoms with Gasteiger partial charge in [-0.15, -0.1) is 11.8 Å². The minimum atomic E-state index is -0.109. The number of fused-ring (bicyclic) bond motifs is 1. The van der Waals surface area contributed by atoms with Crippen LogP contribution in [0.3, 0.4) is 0 Å². The highest BCUT2D eigenvalue weighted by atomic mass is 32.2. The average Bonchev–Trinajstić information content (AvgIpc) is 3.50. The predicted molar refractivity (Wildman–Crippen MR) is 130 cm³/mol. The van der Waals surface area contributed by atoms with Crippen LogP contribution in [0.1, 0.15) is 40.9 Å². The van der Waals surface area contributed by atoms with E-state index in [1.54, 1.807) is 25.1 Å². The van der Waals surface area contributed by atoms with Crippen LogP contribution in [0.4, 0.5) is 0 Å². The molecule has 1 amide bonds. The van der Waals surface area contributed by atoms with Gasteiger partial charge in [0.25, 0.3) is 5.91 Å². The van der Waals surface area contributed by atoms with Crippen molar-refractivity contribution in [3.05, 3.63) is 65.9 Å². The molecule has 1 aliphatic heterocycles. The molecule has 1 fully saturated rings. The monoisotopic (exact) mass is 459 g/mol. The Balaban J connectivity index is 1.51. The third kappa shape index (κ3) is 4.06. The zero-order valence-corrected chi connectivity index (χ0v) is 19.6. The highest BCUT2D eigenvalue weighted by Gasteiger charge is 2.34. The fourth-order valence-electron chi connectivity index (χ4n) is 4.36. The van der Waals surface area contributed by atoms with Gasteiger partial charge in [-0.25, -0.2) is 15.0 Å². The van der Waals surface area contributed by atoms with Crippen LogP contribution in [0, 0.1) is 6.92 Å². The number of aromatic nitrogens is 4. The second kappa shape index (κ2) is 8.86. The number of aromatic amines is 1. The van der Waals surface area contributed by atoms with Crippen molar-refractivity contribution in [1.82, 2.24) is 24.8 Å². The van der Waals surface area contributed by atoms with E-state index in [4.69, 9.17) is 9.72 Å². The Morgan fingerprint density at radius 2 is 2.09 bits per heavy atom. The minimum Gasteiger partial charge on any atom is -0.497 e. The van der Waals surface area contributed by atoms with Crippen molar-refractivity contribution in [2.45, 2.75) is 30.7 Å². The van der Waals surface area contributed by atoms with E-state index in [0.717, 1.165) is 35.3 Å². The van der Waals surface area contributed by atoms with E-state index in [0.29, 0.717) is 29.4 Å². The van der Waals surface area contributed by atoms with E-state index in [2.05, 4.69) is 33.3 Å². The Kier molecular flexibility index (Phi) is 5.76. The number of methoxy groups -OCH3 is 1. The Morgan fingerprint density at radius 1 is 1.21 bits per heavy atom. The summed E-state index contributed by atoms with van der Waals surface area (Å²) >= 11 is 1.70. The second-order valence-electron chi connectivity index (χ2n) is 8.07. The Labute approximate surface area is 196 Å². The maximum atomic E-state index is 13.8. The van der Waals surface area contributed by atoms with Crippen LogP contribution in [0.2, 0.25) is 0 Å². The normalized spacial score (nSPS) is 15.8. The van der Waals surface area contributed by atoms with Gasteiger partial charge < -0.3 is 14.6 Å². The molecule has 1 atom stereocenters. The molecule has 0 bridgehead atoms. The number of aryl methyl sites for hydroxylation is 1. The SMILES string of the molecule is COc1cccc(-c2nc(C)ncc2C(=O)N2CCCC2c2nc3ccc(SC)cc3[nH]2)c1. The summed E-state index contributed by atoms with van der Waals surface area (Å²) in [6.45, 7) is 2.50. The molecule has 0 aliphatic carbocycles. The van der Waals surface area contributed by atoms with Crippen molar-refractivity contribution in [3.8, 4) is 17.0 Å². The topological polar surface area (TPSA) is 84.0 Å². The summed E-state index contributed by atoms with van der Waals surface area (Å²) in [7, 11) is 1.63. The first-order chi connectivity index (χ1) is 16.1. The number of carbonyl (C=O) groups is 1. The first kappa shape index (κ1) is 21.5. The van der Waals surface area contributed by atoms with Crippen LogP contribution in [0.5, 0.6) is 5.75 Å². The predicted octanol–water partition coefficient (Wildman–Crippen LogP) is 5.04. The number of hydrogen-bond acceptors (Lipinski definition) is 6. The minimum absolute atomic E-state index is 0.0828. The van der Waals surface area contributed by atoms with Gasteiger partial charge in [-0.2, -0.15) is 0 Å². The van der Waals surface area contributed by atoms with Crippen LogP contribution < -0.4 is 4.74 Å². The number of nitrogens with one attached hydrogen (secondary N) is 1. The summed E-state index contributed by atoms with van der Waals surface area (Å²) in [6.07, 6.45) is 5.48. The van der Waals surface area contributed by atoms with Gasteiger partial charge in [0.2, 0.25) is 0 Å². The summed E-state index contributed by atoms with van der Waals surface area (Å²) in [5.41, 5.74) is 3.84. The first-order valence-electron chi connectivity index (χ1n) is 10.9. The van der Waals surface area contributed by atoms with Gasteiger partial charge in [0.1, 0.15) is 17.4 Å². The first-order valence-corrected chi connectivity index (χ1v) is 12.1. The number of nitrogens with zero attached hydrogens (tertiary/aromatic N) is 4. The number of ether oxygens (including phenoxy) is 1. The molecule has 2 aromatic carbocycles. The number of hydrogen-bond donors (Lipinski definition) is 1. The van der Waals surface area contributed by atoms with Crippen molar-refractivity contribution < 1.29 is 9.53 Å². The average molecular weight is 460 g/mol. The van der Waals surface area contributed by atoms with Crippen molar-refractivity contribution in [1.29, 1.82) is 0 Å². The van der Waals surface area contributed by atoms with Crippen LogP contribution in [-0.4, -0.2) is 50.7 Å². The molecule has 0 radical (unpaired) electrons. The molecule has 0 spiro atoms. The van der Waals surface area contributed by atoms with Gasteiger partial charge in [-0.1, -0.05) is 12.1 Å². The highest BCUT2D eigenvalue weighted by molar-refractivity contribution is 7.98. The molecular formula is C25H25N5O2S. The number of rotatable bonds is 5. The van der Waals surface area contributed by atoms with Crippen LogP contribution in [-0.2, 0) is 0 Å². The lowest BCUT2D eigenvalue weighted by atomic mass is 10.1. The van der Waals surface area contributed by atoms with E-state index in [1.165, 1.54) is 4.90 Å². The number of likely N-dealkylation sites (tertiary alicyclic amines) is 1. The molecule has 7 nitrogen and oxygen atoms in total. The van der Waals surface area contributed by atoms with E-state index in [9.17, 15) is 4.79 Å². The molecule has 4 aromatic rings. The standard InChI is InChI=1S/C25H25N5O2S/c1-15-26-14-19(23(27-15)16-6-4-7-17(12-16)32-2)25(31)30-11-5-8-22(30)24-28-20-10-9-18(33-3)13-21(20)29-24/h4,6-7,9-10,12-14,22H,5,8,11H2,1-3H3,(H,28,29). The molecule has 1 aliphatic rings. The lowest BCUT2D eigenvalue weighted by Gasteiger charge is -2.24. The highest BCUT2D eigenvalue weighted by Crippen LogP contribution is 2.35. The number of thioether (sulfide) groups is 1. The van der Waals surface area contributed by atoms with Gasteiger partial charge in [0.15, 0.2) is 0 Å². The summed E-state index contributed by atoms with van der Waals surface area (Å²) in [4.78, 5) is 34.1. The van der Waals surface area contributed by atoms with Gasteiger partial charge >= 0.3 is 0 Å². The summed E-state index contributed by atoms with van der Waals surface area (Å²) in [6, 6.07) is 13.7. The molecule has 8 heteroatoms. The molecule has 5 rings (SSSR count). The molecular weight excluding hydrogens is 434 g/mol. The van der Waals surface area contributed by atoms with E-state index < -0.39 is 0 Å². The molecule has 1 saturated heterocycles. The lowest BCUT2D eigenvalue weighted by Crippen LogP contribution is -2.31. The van der Waals surface area contributed by atoms with E-state index >= 15 is 0 Å². The molecule has 168 valence electrons. The number of carbonyl (C=O) groups excluding carboxylic acids is 1. The van der Waals surface area contributed by atoms with Gasteiger partial charge in [0.05, 0.1) is 35.4 Å². The number of H-pyrrole nitrogens is 1. The maximum Gasteiger partial charge on any atom is 0.258 e. The Hall–Kier alpha value is -3.39. The molecule has 33 heavy (non-hydrogen) atoms. The summed E-state index contributed by atoms with van der Waals surface area (Å²) < 4.78 is 5.37. The smallest absolute Gasteiger partial charge is 0.258 e. The number of benzene rings is 2. The fourth-order valence-corrected chi connectivity index (χ4v) is 4.80. The molecule has 1 unspecified atom stereocenters. The largest absolute Gasteiger partial charge is 0.497 e. The van der Waals surface area contributed by atoms with Crippen molar-refractivity contribution in [2.24, 2.45) is 0 Å². The summed E-state index contributed by atoms with van der Waals surface area (Å²) in [5, 5.41) is 0. The van der Waals surface area contributed by atoms with Crippen LogP contribution >= 0.6 is 11.8 Å². The van der Waals surface area contributed by atoms with E-state index in [1.807, 2.05) is 42.2 Å². The molecule has 2 aromatic heterocycles. The summed E-state index contributed by atoms with van der Waals surface area (Å²) in [5.74, 6) is 2.07. The third-order valence-electron chi connectivity index (χ3n) is 6.02. The van der Waals surface area contributed by atoms with E-state index in [-0.39, 0.29) is 11.9 Å². The Morgan fingerprint density at radius 3 is 2.91 bits per heavy atom. The molecule has 0 saturated carbocycles. The number of imidazole rings is 1. The maximum absolute atomic E-state index is 13.8. The zero-order chi connectivity index (χ0) is 22.9. The van der Waals surface area contributed by atoms with Gasteiger partial charge in [-0.05, 0) is 56.4 Å². The molecule has 1 N–H and O–H groups in total. The van der Waals surface area contributed by atoms with Crippen molar-refractivity contribution in [2.75, 3.05) is 19.9 Å². The lowest BCUT2D eigenvalue weighted by molar-refractivity contribution is 0.0730. The van der Waals surface area contributed by atoms with Crippen LogP contribution in [0.25, 0.3) is 22.3 Å².